The van der Waals surface area contributed by atoms with E-state index in [2.05, 4.69) is 10.6 Å². The van der Waals surface area contributed by atoms with Gasteiger partial charge < -0.3 is 10.6 Å². The van der Waals surface area contributed by atoms with E-state index in [4.69, 9.17) is 0 Å². The zero-order valence-electron chi connectivity index (χ0n) is 8.29. The fraction of sp³-hybridized carbons (Fsp3) is 0.364. The largest absolute Gasteiger partial charge is 0.348 e. The maximum absolute atomic E-state index is 12.7. The molecule has 1 saturated heterocycles. The highest BCUT2D eigenvalue weighted by atomic mass is 19.1. The van der Waals surface area contributed by atoms with Gasteiger partial charge in [-0.05, 0) is 17.7 Å². The van der Waals surface area contributed by atoms with Crippen LogP contribution in [-0.2, 0) is 4.79 Å². The Morgan fingerprint density at radius 1 is 1.27 bits per heavy atom. The molecular weight excluding hydrogens is 195 g/mol. The molecule has 1 atom stereocenters. The van der Waals surface area contributed by atoms with Crippen LogP contribution in [0.1, 0.15) is 18.0 Å². The maximum Gasteiger partial charge on any atom is 0.221 e. The van der Waals surface area contributed by atoms with E-state index >= 15 is 0 Å². The lowest BCUT2D eigenvalue weighted by atomic mass is 10.1. The van der Waals surface area contributed by atoms with Crippen molar-refractivity contribution in [3.05, 3.63) is 35.6 Å². The Morgan fingerprint density at radius 2 is 2.00 bits per heavy atom. The molecular formula is C11H13FN2O. The number of amides is 1. The summed E-state index contributed by atoms with van der Waals surface area (Å²) < 4.78 is 12.7. The standard InChI is InChI=1S/C11H13FN2O/c12-9-3-1-8(2-4-9)10-7-13-6-5-11(15)14-10/h1-4,10,13H,5-7H2,(H,14,15). The highest BCUT2D eigenvalue weighted by Crippen LogP contribution is 2.14. The predicted molar refractivity (Wildman–Crippen MR) is 54.8 cm³/mol. The van der Waals surface area contributed by atoms with Gasteiger partial charge in [0.15, 0.2) is 0 Å². The van der Waals surface area contributed by atoms with Crippen molar-refractivity contribution in [3.63, 3.8) is 0 Å². The van der Waals surface area contributed by atoms with Gasteiger partial charge in [0.1, 0.15) is 5.82 Å². The zero-order chi connectivity index (χ0) is 10.7. The second-order valence-corrected chi connectivity index (χ2v) is 3.63. The van der Waals surface area contributed by atoms with E-state index in [1.54, 1.807) is 12.1 Å². The Balaban J connectivity index is 2.14. The molecule has 2 rings (SSSR count). The Morgan fingerprint density at radius 3 is 2.73 bits per heavy atom. The number of carbonyl (C=O) groups is 1. The molecule has 1 aromatic carbocycles. The summed E-state index contributed by atoms with van der Waals surface area (Å²) in [7, 11) is 0. The summed E-state index contributed by atoms with van der Waals surface area (Å²) in [5.41, 5.74) is 0.930. The third-order valence-corrected chi connectivity index (χ3v) is 2.48. The van der Waals surface area contributed by atoms with Crippen LogP contribution in [0.2, 0.25) is 0 Å². The zero-order valence-corrected chi connectivity index (χ0v) is 8.29. The molecule has 0 aliphatic carbocycles. The molecule has 80 valence electrons. The van der Waals surface area contributed by atoms with Crippen LogP contribution in [0.15, 0.2) is 24.3 Å². The molecule has 1 amide bonds. The SMILES string of the molecule is O=C1CCNCC(c2ccc(F)cc2)N1. The lowest BCUT2D eigenvalue weighted by Crippen LogP contribution is -2.30. The number of hydrogen-bond donors (Lipinski definition) is 2. The van der Waals surface area contributed by atoms with Crippen LogP contribution < -0.4 is 10.6 Å². The van der Waals surface area contributed by atoms with E-state index in [-0.39, 0.29) is 17.8 Å². The van der Waals surface area contributed by atoms with Crippen LogP contribution in [-0.4, -0.2) is 19.0 Å². The Labute approximate surface area is 87.7 Å². The first-order valence-corrected chi connectivity index (χ1v) is 5.01. The smallest absolute Gasteiger partial charge is 0.221 e. The van der Waals surface area contributed by atoms with E-state index in [1.807, 2.05) is 0 Å². The average Bonchev–Trinajstić information content (AvgIpc) is 2.44. The van der Waals surface area contributed by atoms with Crippen LogP contribution in [0.25, 0.3) is 0 Å². The minimum Gasteiger partial charge on any atom is -0.348 e. The monoisotopic (exact) mass is 208 g/mol. The van der Waals surface area contributed by atoms with E-state index in [0.29, 0.717) is 19.5 Å². The van der Waals surface area contributed by atoms with Crippen molar-refractivity contribution in [2.24, 2.45) is 0 Å². The Kier molecular flexibility index (Phi) is 2.97. The number of carbonyl (C=O) groups excluding carboxylic acids is 1. The van der Waals surface area contributed by atoms with Gasteiger partial charge in [-0.1, -0.05) is 12.1 Å². The first-order valence-electron chi connectivity index (χ1n) is 5.01. The second-order valence-electron chi connectivity index (χ2n) is 3.63. The van der Waals surface area contributed by atoms with Gasteiger partial charge in [0.25, 0.3) is 0 Å². The topological polar surface area (TPSA) is 41.1 Å². The molecule has 3 nitrogen and oxygen atoms in total. The molecule has 15 heavy (non-hydrogen) atoms. The van der Waals surface area contributed by atoms with Gasteiger partial charge in [-0.15, -0.1) is 0 Å². The van der Waals surface area contributed by atoms with Crippen LogP contribution in [0, 0.1) is 5.82 Å². The maximum atomic E-state index is 12.7. The minimum absolute atomic E-state index is 0.0364. The first-order chi connectivity index (χ1) is 7.25. The molecule has 1 aliphatic rings. The van der Waals surface area contributed by atoms with E-state index in [1.165, 1.54) is 12.1 Å². The normalized spacial score (nSPS) is 21.9. The summed E-state index contributed by atoms with van der Waals surface area (Å²) in [4.78, 5) is 11.3. The summed E-state index contributed by atoms with van der Waals surface area (Å²) in [5, 5.41) is 6.05. The number of benzene rings is 1. The molecule has 4 heteroatoms. The molecule has 1 heterocycles. The van der Waals surface area contributed by atoms with Crippen molar-refractivity contribution in [2.45, 2.75) is 12.5 Å². The highest BCUT2D eigenvalue weighted by Gasteiger charge is 2.17. The molecule has 1 aliphatic heterocycles. The molecule has 1 fully saturated rings. The van der Waals surface area contributed by atoms with Crippen LogP contribution in [0.4, 0.5) is 4.39 Å². The fourth-order valence-electron chi connectivity index (χ4n) is 1.66. The highest BCUT2D eigenvalue weighted by molar-refractivity contribution is 5.77. The molecule has 1 unspecified atom stereocenters. The summed E-state index contributed by atoms with van der Waals surface area (Å²) in [5.74, 6) is -0.221. The van der Waals surface area contributed by atoms with Crippen molar-refractivity contribution < 1.29 is 9.18 Å². The van der Waals surface area contributed by atoms with Gasteiger partial charge in [0.05, 0.1) is 6.04 Å². The third kappa shape index (κ3) is 2.53. The molecule has 0 spiro atoms. The summed E-state index contributed by atoms with van der Waals surface area (Å²) in [6.45, 7) is 1.39. The van der Waals surface area contributed by atoms with Crippen molar-refractivity contribution in [2.75, 3.05) is 13.1 Å². The van der Waals surface area contributed by atoms with Crippen LogP contribution in [0.5, 0.6) is 0 Å². The summed E-state index contributed by atoms with van der Waals surface area (Å²) >= 11 is 0. The van der Waals surface area contributed by atoms with Gasteiger partial charge in [-0.3, -0.25) is 4.79 Å². The van der Waals surface area contributed by atoms with Crippen molar-refractivity contribution in [1.82, 2.24) is 10.6 Å². The quantitative estimate of drug-likeness (QED) is 0.722. The molecule has 0 radical (unpaired) electrons. The van der Waals surface area contributed by atoms with Gasteiger partial charge in [0, 0.05) is 19.5 Å². The van der Waals surface area contributed by atoms with Gasteiger partial charge in [0.2, 0.25) is 5.91 Å². The van der Waals surface area contributed by atoms with Gasteiger partial charge >= 0.3 is 0 Å². The molecule has 0 aromatic heterocycles. The summed E-state index contributed by atoms with van der Waals surface area (Å²) in [6.07, 6.45) is 0.498. The van der Waals surface area contributed by atoms with Crippen molar-refractivity contribution in [1.29, 1.82) is 0 Å². The van der Waals surface area contributed by atoms with Crippen molar-refractivity contribution in [3.8, 4) is 0 Å². The lowest BCUT2D eigenvalue weighted by Gasteiger charge is -2.15. The Bertz CT molecular complexity index is 350. The molecule has 1 aromatic rings. The van der Waals surface area contributed by atoms with Gasteiger partial charge in [-0.25, -0.2) is 4.39 Å². The van der Waals surface area contributed by atoms with E-state index in [0.717, 1.165) is 5.56 Å². The second kappa shape index (κ2) is 4.40. The van der Waals surface area contributed by atoms with Gasteiger partial charge in [-0.2, -0.15) is 0 Å². The number of hydrogen-bond acceptors (Lipinski definition) is 2. The number of halogens is 1. The lowest BCUT2D eigenvalue weighted by molar-refractivity contribution is -0.121. The van der Waals surface area contributed by atoms with E-state index < -0.39 is 0 Å². The fourth-order valence-corrected chi connectivity index (χ4v) is 1.66. The average molecular weight is 208 g/mol. The summed E-state index contributed by atoms with van der Waals surface area (Å²) in [6, 6.07) is 6.17. The number of nitrogens with one attached hydrogen (secondary N) is 2. The van der Waals surface area contributed by atoms with E-state index in [9.17, 15) is 9.18 Å². The number of rotatable bonds is 1. The van der Waals surface area contributed by atoms with Crippen molar-refractivity contribution >= 4 is 5.91 Å². The predicted octanol–water partition coefficient (Wildman–Crippen LogP) is 0.976. The third-order valence-electron chi connectivity index (χ3n) is 2.48. The molecule has 0 saturated carbocycles. The molecule has 2 N–H and O–H groups in total. The first kappa shape index (κ1) is 10.1. The molecule has 0 bridgehead atoms. The van der Waals surface area contributed by atoms with Crippen LogP contribution in [0.3, 0.4) is 0 Å². The van der Waals surface area contributed by atoms with Crippen LogP contribution >= 0.6 is 0 Å². The minimum atomic E-state index is -0.258. The Hall–Kier alpha value is -1.42.